The van der Waals surface area contributed by atoms with Gasteiger partial charge in [0.05, 0.1) is 24.9 Å². The van der Waals surface area contributed by atoms with Crippen molar-refractivity contribution < 1.29 is 9.47 Å². The molecule has 3 heterocycles. The molecule has 116 valence electrons. The predicted octanol–water partition coefficient (Wildman–Crippen LogP) is 1.65. The van der Waals surface area contributed by atoms with E-state index in [1.165, 1.54) is 12.8 Å². The average Bonchev–Trinajstić information content (AvgIpc) is 3.10. The zero-order valence-electron chi connectivity index (χ0n) is 12.1. The highest BCUT2D eigenvalue weighted by Gasteiger charge is 2.49. The maximum Gasteiger partial charge on any atom is 0.188 e. The van der Waals surface area contributed by atoms with E-state index < -0.39 is 0 Å². The number of nitrogens with two attached hydrogens (primary N) is 1. The van der Waals surface area contributed by atoms with Crippen LogP contribution in [-0.2, 0) is 9.47 Å². The Morgan fingerprint density at radius 1 is 1.40 bits per heavy atom. The lowest BCUT2D eigenvalue weighted by Gasteiger charge is -2.29. The molecule has 4 atom stereocenters. The standard InChI is InChI=1S/C14H25N3O2.HI/c1-14(7-10-4-5-12(14)19-10)9-17-13(15)16-8-11-3-2-6-18-11;/h10-12H,2-9H2,1H3,(H3,15,16,17);1H. The summed E-state index contributed by atoms with van der Waals surface area (Å²) in [6.07, 6.45) is 6.95. The molecule has 0 saturated carbocycles. The van der Waals surface area contributed by atoms with Gasteiger partial charge < -0.3 is 20.5 Å². The molecule has 2 bridgehead atoms. The van der Waals surface area contributed by atoms with E-state index in [1.807, 2.05) is 0 Å². The van der Waals surface area contributed by atoms with Gasteiger partial charge in [-0.2, -0.15) is 0 Å². The molecule has 3 saturated heterocycles. The van der Waals surface area contributed by atoms with Crippen LogP contribution >= 0.6 is 24.0 Å². The topological polar surface area (TPSA) is 68.9 Å². The summed E-state index contributed by atoms with van der Waals surface area (Å²) in [5.74, 6) is 0.541. The Kier molecular flexibility index (Phi) is 5.53. The molecular weight excluding hydrogens is 369 g/mol. The maximum absolute atomic E-state index is 5.93. The van der Waals surface area contributed by atoms with Gasteiger partial charge in [-0.15, -0.1) is 24.0 Å². The minimum absolute atomic E-state index is 0. The Labute approximate surface area is 138 Å². The van der Waals surface area contributed by atoms with Gasteiger partial charge >= 0.3 is 0 Å². The van der Waals surface area contributed by atoms with Crippen molar-refractivity contribution in [3.8, 4) is 0 Å². The first kappa shape index (κ1) is 16.3. The van der Waals surface area contributed by atoms with Crippen LogP contribution in [0.2, 0.25) is 0 Å². The van der Waals surface area contributed by atoms with Gasteiger partial charge in [-0.25, -0.2) is 0 Å². The number of fused-ring (bicyclic) bond motifs is 2. The van der Waals surface area contributed by atoms with E-state index in [0.29, 0.717) is 24.3 Å². The van der Waals surface area contributed by atoms with E-state index in [1.54, 1.807) is 0 Å². The van der Waals surface area contributed by atoms with Crippen molar-refractivity contribution in [3.63, 3.8) is 0 Å². The Balaban J connectivity index is 0.00000147. The first-order chi connectivity index (χ1) is 9.16. The summed E-state index contributed by atoms with van der Waals surface area (Å²) in [5.41, 5.74) is 6.11. The molecule has 6 heteroatoms. The Hall–Kier alpha value is -0.0800. The molecule has 3 fully saturated rings. The molecule has 3 aliphatic rings. The highest BCUT2D eigenvalue weighted by molar-refractivity contribution is 14.0. The van der Waals surface area contributed by atoms with E-state index >= 15 is 0 Å². The van der Waals surface area contributed by atoms with Crippen LogP contribution in [0.25, 0.3) is 0 Å². The normalized spacial score (nSPS) is 39.9. The lowest BCUT2D eigenvalue weighted by Crippen LogP contribution is -2.39. The number of nitrogens with zero attached hydrogens (tertiary/aromatic N) is 1. The molecule has 0 radical (unpaired) electrons. The first-order valence-electron chi connectivity index (χ1n) is 7.46. The van der Waals surface area contributed by atoms with E-state index in [-0.39, 0.29) is 29.4 Å². The molecule has 0 aromatic rings. The highest BCUT2D eigenvalue weighted by Crippen LogP contribution is 2.47. The van der Waals surface area contributed by atoms with Gasteiger partial charge in [0, 0.05) is 18.6 Å². The van der Waals surface area contributed by atoms with Crippen molar-refractivity contribution >= 4 is 29.9 Å². The van der Waals surface area contributed by atoms with Crippen LogP contribution in [0, 0.1) is 5.41 Å². The Morgan fingerprint density at radius 2 is 2.25 bits per heavy atom. The molecule has 3 N–H and O–H groups in total. The molecule has 4 unspecified atom stereocenters. The van der Waals surface area contributed by atoms with Gasteiger partial charge in [0.1, 0.15) is 0 Å². The van der Waals surface area contributed by atoms with Gasteiger partial charge in [0.25, 0.3) is 0 Å². The molecule has 0 aliphatic carbocycles. The van der Waals surface area contributed by atoms with E-state index in [2.05, 4.69) is 17.2 Å². The van der Waals surface area contributed by atoms with Crippen molar-refractivity contribution in [1.29, 1.82) is 0 Å². The van der Waals surface area contributed by atoms with Gasteiger partial charge in [0.2, 0.25) is 0 Å². The van der Waals surface area contributed by atoms with Crippen LogP contribution in [0.3, 0.4) is 0 Å². The number of guanidine groups is 1. The summed E-state index contributed by atoms with van der Waals surface area (Å²) in [7, 11) is 0. The van der Waals surface area contributed by atoms with Crippen molar-refractivity contribution in [3.05, 3.63) is 0 Å². The van der Waals surface area contributed by atoms with Crippen molar-refractivity contribution in [2.24, 2.45) is 16.1 Å². The second-order valence-corrected chi connectivity index (χ2v) is 6.40. The minimum atomic E-state index is 0. The lowest BCUT2D eigenvalue weighted by atomic mass is 9.76. The fraction of sp³-hybridized carbons (Fsp3) is 0.929. The second-order valence-electron chi connectivity index (χ2n) is 6.40. The van der Waals surface area contributed by atoms with Gasteiger partial charge in [-0.05, 0) is 32.1 Å². The van der Waals surface area contributed by atoms with Crippen LogP contribution in [0.5, 0.6) is 0 Å². The molecule has 3 aliphatic heterocycles. The summed E-state index contributed by atoms with van der Waals surface area (Å²) in [6, 6.07) is 0. The summed E-state index contributed by atoms with van der Waals surface area (Å²) in [6.45, 7) is 4.68. The zero-order chi connectivity index (χ0) is 13.3. The summed E-state index contributed by atoms with van der Waals surface area (Å²) < 4.78 is 11.5. The molecule has 20 heavy (non-hydrogen) atoms. The fourth-order valence-electron chi connectivity index (χ4n) is 3.53. The number of halogens is 1. The van der Waals surface area contributed by atoms with Crippen LogP contribution < -0.4 is 11.1 Å². The average molecular weight is 395 g/mol. The SMILES string of the molecule is CC1(CN=C(N)NCC2CCCO2)CC2CCC1O2.I. The highest BCUT2D eigenvalue weighted by atomic mass is 127. The van der Waals surface area contributed by atoms with E-state index in [9.17, 15) is 0 Å². The van der Waals surface area contributed by atoms with Crippen molar-refractivity contribution in [2.75, 3.05) is 19.7 Å². The van der Waals surface area contributed by atoms with Crippen molar-refractivity contribution in [2.45, 2.75) is 57.3 Å². The molecule has 5 nitrogen and oxygen atoms in total. The Morgan fingerprint density at radius 3 is 2.85 bits per heavy atom. The number of hydrogen-bond acceptors (Lipinski definition) is 3. The van der Waals surface area contributed by atoms with Crippen LogP contribution in [0.15, 0.2) is 4.99 Å². The molecular formula is C14H26IN3O2. The van der Waals surface area contributed by atoms with E-state index in [4.69, 9.17) is 15.2 Å². The Bertz CT molecular complexity index is 360. The number of rotatable bonds is 4. The minimum Gasteiger partial charge on any atom is -0.376 e. The summed E-state index contributed by atoms with van der Waals surface area (Å²) >= 11 is 0. The van der Waals surface area contributed by atoms with E-state index in [0.717, 1.165) is 39.0 Å². The van der Waals surface area contributed by atoms with Crippen LogP contribution in [0.1, 0.15) is 39.0 Å². The molecule has 3 rings (SSSR count). The number of nitrogens with one attached hydrogen (secondary N) is 1. The smallest absolute Gasteiger partial charge is 0.188 e. The number of ether oxygens (including phenoxy) is 2. The fourth-order valence-corrected chi connectivity index (χ4v) is 3.53. The number of aliphatic imine (C=N–C) groups is 1. The molecule has 0 amide bonds. The number of hydrogen-bond donors (Lipinski definition) is 2. The van der Waals surface area contributed by atoms with Crippen LogP contribution in [0.4, 0.5) is 0 Å². The first-order valence-corrected chi connectivity index (χ1v) is 7.46. The van der Waals surface area contributed by atoms with Gasteiger partial charge in [-0.3, -0.25) is 4.99 Å². The molecule has 0 spiro atoms. The third-order valence-electron chi connectivity index (χ3n) is 4.72. The lowest BCUT2D eigenvalue weighted by molar-refractivity contribution is 0.0706. The third kappa shape index (κ3) is 3.57. The summed E-state index contributed by atoms with van der Waals surface area (Å²) in [4.78, 5) is 4.51. The van der Waals surface area contributed by atoms with Gasteiger partial charge in [-0.1, -0.05) is 6.92 Å². The van der Waals surface area contributed by atoms with Crippen LogP contribution in [-0.4, -0.2) is 44.0 Å². The largest absolute Gasteiger partial charge is 0.376 e. The maximum atomic E-state index is 5.93. The molecule has 0 aromatic heterocycles. The monoisotopic (exact) mass is 395 g/mol. The predicted molar refractivity (Wildman–Crippen MR) is 89.5 cm³/mol. The third-order valence-corrected chi connectivity index (χ3v) is 4.72. The molecule has 0 aromatic carbocycles. The van der Waals surface area contributed by atoms with Crippen molar-refractivity contribution in [1.82, 2.24) is 5.32 Å². The van der Waals surface area contributed by atoms with Gasteiger partial charge in [0.15, 0.2) is 5.96 Å². The summed E-state index contributed by atoms with van der Waals surface area (Å²) in [5, 5.41) is 3.17. The second kappa shape index (κ2) is 6.79. The quantitative estimate of drug-likeness (QED) is 0.432. The zero-order valence-corrected chi connectivity index (χ0v) is 14.5.